The van der Waals surface area contributed by atoms with Crippen LogP contribution >= 0.6 is 0 Å². The lowest BCUT2D eigenvalue weighted by Crippen LogP contribution is -1.95. The molecule has 0 heteroatoms. The van der Waals surface area contributed by atoms with E-state index in [-0.39, 0.29) is 0 Å². The van der Waals surface area contributed by atoms with Gasteiger partial charge in [-0.3, -0.25) is 0 Å². The predicted molar refractivity (Wildman–Crippen MR) is 181 cm³/mol. The Balaban J connectivity index is 1.58. The summed E-state index contributed by atoms with van der Waals surface area (Å²) in [6, 6.07) is 49.8. The number of hydrogen-bond donors (Lipinski definition) is 0. The van der Waals surface area contributed by atoms with Gasteiger partial charge in [0.05, 0.1) is 0 Å². The maximum absolute atomic E-state index is 2.41. The van der Waals surface area contributed by atoms with E-state index in [1.165, 1.54) is 98.7 Å². The van der Waals surface area contributed by atoms with Crippen molar-refractivity contribution in [2.24, 2.45) is 0 Å². The summed E-state index contributed by atoms with van der Waals surface area (Å²) in [4.78, 5) is 0. The zero-order valence-corrected chi connectivity index (χ0v) is 23.7. The van der Waals surface area contributed by atoms with Crippen molar-refractivity contribution in [3.8, 4) is 44.5 Å². The number of rotatable bonds is 2. The van der Waals surface area contributed by atoms with Crippen LogP contribution in [-0.4, -0.2) is 0 Å². The molecule has 0 aromatic heterocycles. The molecule has 0 radical (unpaired) electrons. The van der Waals surface area contributed by atoms with Gasteiger partial charge in [0.2, 0.25) is 0 Å². The predicted octanol–water partition coefficient (Wildman–Crippen LogP) is 11.9. The van der Waals surface area contributed by atoms with Crippen molar-refractivity contribution in [2.45, 2.75) is 13.8 Å². The summed E-state index contributed by atoms with van der Waals surface area (Å²) in [5, 5.41) is 10.5. The zero-order valence-electron chi connectivity index (χ0n) is 23.7. The quantitative estimate of drug-likeness (QED) is 0.208. The molecule has 196 valence electrons. The van der Waals surface area contributed by atoms with Crippen LogP contribution < -0.4 is 0 Å². The van der Waals surface area contributed by atoms with Crippen LogP contribution in [-0.2, 0) is 0 Å². The van der Waals surface area contributed by atoms with E-state index in [0.29, 0.717) is 0 Å². The minimum Gasteiger partial charge on any atom is -0.0616 e. The smallest absolute Gasteiger partial charge is 0.000718 e. The molecule has 0 saturated carbocycles. The van der Waals surface area contributed by atoms with Crippen molar-refractivity contribution in [2.75, 3.05) is 0 Å². The van der Waals surface area contributed by atoms with E-state index in [2.05, 4.69) is 147 Å². The molecule has 0 unspecified atom stereocenters. The Kier molecular flexibility index (Phi) is 4.84. The van der Waals surface area contributed by atoms with E-state index in [0.717, 1.165) is 0 Å². The minimum absolute atomic E-state index is 1.27. The second-order valence-electron chi connectivity index (χ2n) is 11.8. The van der Waals surface area contributed by atoms with Gasteiger partial charge >= 0.3 is 0 Å². The summed E-state index contributed by atoms with van der Waals surface area (Å²) in [6.07, 6.45) is 0. The Labute approximate surface area is 245 Å². The first kappa shape index (κ1) is 23.5. The van der Waals surface area contributed by atoms with Crippen molar-refractivity contribution < 1.29 is 0 Å². The summed E-state index contributed by atoms with van der Waals surface area (Å²) in [5.41, 5.74) is 13.3. The number of aryl methyl sites for hydroxylation is 2. The van der Waals surface area contributed by atoms with E-state index in [1.54, 1.807) is 0 Å². The van der Waals surface area contributed by atoms with Crippen molar-refractivity contribution in [1.29, 1.82) is 0 Å². The van der Waals surface area contributed by atoms with Gasteiger partial charge in [-0.05, 0) is 107 Å². The molecule has 0 N–H and O–H groups in total. The van der Waals surface area contributed by atoms with Crippen LogP contribution in [0, 0.1) is 13.8 Å². The number of hydrogen-bond acceptors (Lipinski definition) is 0. The normalized spacial score (nSPS) is 12.0. The zero-order chi connectivity index (χ0) is 27.9. The van der Waals surface area contributed by atoms with E-state index >= 15 is 0 Å². The van der Waals surface area contributed by atoms with Crippen LogP contribution in [0.2, 0.25) is 0 Å². The fourth-order valence-electron chi connectivity index (χ4n) is 7.56. The monoisotopic (exact) mass is 532 g/mol. The van der Waals surface area contributed by atoms with Gasteiger partial charge < -0.3 is 0 Å². The molecule has 9 rings (SSSR count). The lowest BCUT2D eigenvalue weighted by Gasteiger charge is -2.22. The van der Waals surface area contributed by atoms with Crippen LogP contribution in [0.25, 0.3) is 87.6 Å². The summed E-state index contributed by atoms with van der Waals surface area (Å²) in [5.74, 6) is 0. The first-order chi connectivity index (χ1) is 20.7. The second-order valence-corrected chi connectivity index (χ2v) is 11.8. The third-order valence-electron chi connectivity index (χ3n) is 9.38. The fraction of sp³-hybridized carbons (Fsp3) is 0.0476. The van der Waals surface area contributed by atoms with Gasteiger partial charge in [-0.1, -0.05) is 139 Å². The van der Waals surface area contributed by atoms with Crippen LogP contribution in [0.1, 0.15) is 11.1 Å². The highest BCUT2D eigenvalue weighted by molar-refractivity contribution is 6.30. The van der Waals surface area contributed by atoms with Crippen molar-refractivity contribution >= 4 is 43.1 Å². The van der Waals surface area contributed by atoms with Crippen molar-refractivity contribution in [3.63, 3.8) is 0 Å². The largest absolute Gasteiger partial charge is 0.0616 e. The molecular weight excluding hydrogens is 504 g/mol. The Bertz CT molecular complexity index is 2410. The lowest BCUT2D eigenvalue weighted by molar-refractivity contribution is 1.50. The summed E-state index contributed by atoms with van der Waals surface area (Å²) >= 11 is 0. The Hall–Kier alpha value is -5.20. The summed E-state index contributed by atoms with van der Waals surface area (Å²) in [6.45, 7) is 4.46. The molecule has 0 spiro atoms. The standard InChI is InChI=1S/C42H28/c1-25-20-22-34-37(24-25)40(33-18-8-13-28-11-4-6-15-31(28)33)42-36-23-21-26(2)29-16-9-19-35(38(29)36)41(42)39(34)32-17-7-12-27-10-3-5-14-30(27)32/h3-24H,1-2H3. The highest BCUT2D eigenvalue weighted by Crippen LogP contribution is 2.59. The van der Waals surface area contributed by atoms with Gasteiger partial charge in [0.15, 0.2) is 0 Å². The summed E-state index contributed by atoms with van der Waals surface area (Å²) < 4.78 is 0. The van der Waals surface area contributed by atoms with Gasteiger partial charge in [-0.2, -0.15) is 0 Å². The maximum atomic E-state index is 2.41. The molecule has 0 aliphatic heterocycles. The Morgan fingerprint density at radius 2 is 0.857 bits per heavy atom. The molecule has 0 amide bonds. The molecule has 1 aliphatic carbocycles. The van der Waals surface area contributed by atoms with Crippen molar-refractivity contribution in [1.82, 2.24) is 0 Å². The van der Waals surface area contributed by atoms with Gasteiger partial charge in [-0.15, -0.1) is 0 Å². The van der Waals surface area contributed by atoms with E-state index in [4.69, 9.17) is 0 Å². The van der Waals surface area contributed by atoms with Gasteiger partial charge in [0.1, 0.15) is 0 Å². The SMILES string of the molecule is Cc1ccc2c(-c3cccc4ccccc34)c3c(c(-c4cccc5ccccc45)c2c1)-c1ccc(C)c2cccc-3c12. The highest BCUT2D eigenvalue weighted by Gasteiger charge is 2.31. The lowest BCUT2D eigenvalue weighted by atomic mass is 9.80. The molecule has 0 saturated heterocycles. The van der Waals surface area contributed by atoms with Crippen LogP contribution in [0.5, 0.6) is 0 Å². The van der Waals surface area contributed by atoms with Crippen LogP contribution in [0.4, 0.5) is 0 Å². The number of fused-ring (bicyclic) bond motifs is 6. The molecule has 0 bridgehead atoms. The molecule has 0 heterocycles. The van der Waals surface area contributed by atoms with Gasteiger partial charge in [-0.25, -0.2) is 0 Å². The Morgan fingerprint density at radius 1 is 0.333 bits per heavy atom. The summed E-state index contributed by atoms with van der Waals surface area (Å²) in [7, 11) is 0. The van der Waals surface area contributed by atoms with Crippen LogP contribution in [0.3, 0.4) is 0 Å². The van der Waals surface area contributed by atoms with Crippen molar-refractivity contribution in [3.05, 3.63) is 145 Å². The van der Waals surface area contributed by atoms with Gasteiger partial charge in [0, 0.05) is 0 Å². The fourth-order valence-corrected chi connectivity index (χ4v) is 7.56. The highest BCUT2D eigenvalue weighted by atomic mass is 14.3. The third kappa shape index (κ3) is 3.12. The molecule has 8 aromatic carbocycles. The van der Waals surface area contributed by atoms with E-state index in [9.17, 15) is 0 Å². The first-order valence-corrected chi connectivity index (χ1v) is 14.8. The van der Waals surface area contributed by atoms with Crippen LogP contribution in [0.15, 0.2) is 133 Å². The average Bonchev–Trinajstić information content (AvgIpc) is 3.36. The molecule has 1 aliphatic rings. The second kappa shape index (κ2) is 8.65. The molecular formula is C42H28. The molecule has 0 fully saturated rings. The molecule has 0 nitrogen and oxygen atoms in total. The Morgan fingerprint density at radius 3 is 1.55 bits per heavy atom. The maximum Gasteiger partial charge on any atom is -0.000718 e. The van der Waals surface area contributed by atoms with E-state index in [1.807, 2.05) is 0 Å². The first-order valence-electron chi connectivity index (χ1n) is 14.8. The topological polar surface area (TPSA) is 0 Å². The number of benzene rings is 8. The minimum atomic E-state index is 1.27. The van der Waals surface area contributed by atoms with E-state index < -0.39 is 0 Å². The molecule has 42 heavy (non-hydrogen) atoms. The third-order valence-corrected chi connectivity index (χ3v) is 9.38. The van der Waals surface area contributed by atoms with Gasteiger partial charge in [0.25, 0.3) is 0 Å². The average molecular weight is 533 g/mol. The molecule has 0 atom stereocenters. The molecule has 8 aromatic rings.